The molecular formula is C14H14Br3NS. The van der Waals surface area contributed by atoms with E-state index >= 15 is 0 Å². The highest BCUT2D eigenvalue weighted by molar-refractivity contribution is 9.11. The van der Waals surface area contributed by atoms with Gasteiger partial charge in [-0.3, -0.25) is 0 Å². The van der Waals surface area contributed by atoms with Crippen LogP contribution in [0.3, 0.4) is 0 Å². The molecule has 0 aliphatic rings. The molecule has 0 saturated carbocycles. The molecule has 1 N–H and O–H groups in total. The largest absolute Gasteiger partial charge is 0.375 e. The Bertz CT molecular complexity index is 529. The van der Waals surface area contributed by atoms with Crippen molar-refractivity contribution in [2.45, 2.75) is 19.9 Å². The minimum absolute atomic E-state index is 0.314. The van der Waals surface area contributed by atoms with Crippen LogP contribution in [0.25, 0.3) is 0 Å². The molecule has 1 heterocycles. The molecule has 0 bridgehead atoms. The molecule has 0 aliphatic carbocycles. The van der Waals surface area contributed by atoms with Gasteiger partial charge in [-0.25, -0.2) is 0 Å². The van der Waals surface area contributed by atoms with Crippen LogP contribution in [0.4, 0.5) is 5.69 Å². The summed E-state index contributed by atoms with van der Waals surface area (Å²) in [6.45, 7) is 4.47. The molecule has 1 nitrogen and oxygen atoms in total. The second-order valence-electron chi connectivity index (χ2n) is 4.63. The molecule has 0 spiro atoms. The Hall–Kier alpha value is 0.160. The summed E-state index contributed by atoms with van der Waals surface area (Å²) in [6.07, 6.45) is 0. The number of rotatable bonds is 4. The van der Waals surface area contributed by atoms with Crippen molar-refractivity contribution in [2.24, 2.45) is 5.92 Å². The lowest BCUT2D eigenvalue weighted by Crippen LogP contribution is -2.16. The van der Waals surface area contributed by atoms with Crippen LogP contribution in [0.15, 0.2) is 43.1 Å². The molecule has 0 aliphatic heterocycles. The van der Waals surface area contributed by atoms with Gasteiger partial charge in [-0.1, -0.05) is 35.8 Å². The highest BCUT2D eigenvalue weighted by Gasteiger charge is 2.19. The van der Waals surface area contributed by atoms with Gasteiger partial charge in [0.05, 0.1) is 11.7 Å². The lowest BCUT2D eigenvalue weighted by molar-refractivity contribution is 0.553. The fourth-order valence-electron chi connectivity index (χ4n) is 1.87. The topological polar surface area (TPSA) is 12.0 Å². The zero-order valence-corrected chi connectivity index (χ0v) is 16.2. The van der Waals surface area contributed by atoms with Crippen LogP contribution >= 0.6 is 59.1 Å². The van der Waals surface area contributed by atoms with Gasteiger partial charge in [-0.05, 0) is 61.4 Å². The first kappa shape index (κ1) is 15.5. The van der Waals surface area contributed by atoms with Crippen LogP contribution in [-0.2, 0) is 0 Å². The highest BCUT2D eigenvalue weighted by Crippen LogP contribution is 2.38. The van der Waals surface area contributed by atoms with Gasteiger partial charge >= 0.3 is 0 Å². The van der Waals surface area contributed by atoms with Gasteiger partial charge in [0, 0.05) is 18.3 Å². The molecule has 0 radical (unpaired) electrons. The van der Waals surface area contributed by atoms with E-state index in [4.69, 9.17) is 0 Å². The van der Waals surface area contributed by atoms with Gasteiger partial charge in [-0.15, -0.1) is 11.3 Å². The maximum atomic E-state index is 3.64. The molecule has 19 heavy (non-hydrogen) atoms. The SMILES string of the molecule is CC(C)C(Nc1c(Br)cc(Br)cc1Br)c1cccs1. The van der Waals surface area contributed by atoms with Gasteiger partial charge in [-0.2, -0.15) is 0 Å². The Morgan fingerprint density at radius 1 is 1.11 bits per heavy atom. The van der Waals surface area contributed by atoms with Crippen LogP contribution in [0.2, 0.25) is 0 Å². The van der Waals surface area contributed by atoms with E-state index in [0.717, 1.165) is 19.1 Å². The van der Waals surface area contributed by atoms with Crippen molar-refractivity contribution in [2.75, 3.05) is 5.32 Å². The Labute approximate surface area is 143 Å². The molecule has 1 atom stereocenters. The number of benzene rings is 1. The minimum atomic E-state index is 0.314. The maximum absolute atomic E-state index is 3.64. The average molecular weight is 468 g/mol. The van der Waals surface area contributed by atoms with Crippen LogP contribution in [0, 0.1) is 5.92 Å². The zero-order valence-electron chi connectivity index (χ0n) is 10.6. The first-order valence-corrected chi connectivity index (χ1v) is 9.19. The van der Waals surface area contributed by atoms with Gasteiger partial charge < -0.3 is 5.32 Å². The van der Waals surface area contributed by atoms with E-state index in [2.05, 4.69) is 96.6 Å². The molecule has 1 unspecified atom stereocenters. The fourth-order valence-corrected chi connectivity index (χ4v) is 5.31. The smallest absolute Gasteiger partial charge is 0.0634 e. The number of nitrogens with one attached hydrogen (secondary N) is 1. The van der Waals surface area contributed by atoms with Crippen molar-refractivity contribution in [3.8, 4) is 0 Å². The summed E-state index contributed by atoms with van der Waals surface area (Å²) in [4.78, 5) is 1.36. The van der Waals surface area contributed by atoms with Gasteiger partial charge in [0.2, 0.25) is 0 Å². The summed E-state index contributed by atoms with van der Waals surface area (Å²) in [5, 5.41) is 5.76. The van der Waals surface area contributed by atoms with Crippen molar-refractivity contribution in [3.05, 3.63) is 47.9 Å². The summed E-state index contributed by atoms with van der Waals surface area (Å²) >= 11 is 12.5. The monoisotopic (exact) mass is 465 g/mol. The van der Waals surface area contributed by atoms with E-state index in [9.17, 15) is 0 Å². The average Bonchev–Trinajstić information content (AvgIpc) is 2.80. The summed E-state index contributed by atoms with van der Waals surface area (Å²) in [5.74, 6) is 0.515. The Kier molecular flexibility index (Phi) is 5.52. The second kappa shape index (κ2) is 6.74. The summed E-state index contributed by atoms with van der Waals surface area (Å²) < 4.78 is 3.15. The fraction of sp³-hybridized carbons (Fsp3) is 0.286. The van der Waals surface area contributed by atoms with Crippen molar-refractivity contribution in [1.82, 2.24) is 0 Å². The second-order valence-corrected chi connectivity index (χ2v) is 8.23. The van der Waals surface area contributed by atoms with E-state index in [1.807, 2.05) is 0 Å². The Morgan fingerprint density at radius 3 is 2.21 bits per heavy atom. The standard InChI is InChI=1S/C14H14Br3NS/c1-8(2)13(12-4-3-5-19-12)18-14-10(16)6-9(15)7-11(14)17/h3-8,13,18H,1-2H3. The van der Waals surface area contributed by atoms with E-state index in [1.54, 1.807) is 11.3 Å². The predicted molar refractivity (Wildman–Crippen MR) is 95.1 cm³/mol. The van der Waals surface area contributed by atoms with Crippen LogP contribution < -0.4 is 5.32 Å². The molecule has 0 amide bonds. The van der Waals surface area contributed by atoms with Gasteiger partial charge in [0.15, 0.2) is 0 Å². The van der Waals surface area contributed by atoms with Gasteiger partial charge in [0.25, 0.3) is 0 Å². The summed E-state index contributed by atoms with van der Waals surface area (Å²) in [5.41, 5.74) is 1.09. The van der Waals surface area contributed by atoms with Crippen LogP contribution in [0.5, 0.6) is 0 Å². The molecule has 102 valence electrons. The molecule has 0 fully saturated rings. The number of anilines is 1. The molecule has 1 aromatic heterocycles. The lowest BCUT2D eigenvalue weighted by Gasteiger charge is -2.24. The number of thiophene rings is 1. The summed E-state index contributed by atoms with van der Waals surface area (Å²) in [7, 11) is 0. The third kappa shape index (κ3) is 3.84. The highest BCUT2D eigenvalue weighted by atomic mass is 79.9. The number of hydrogen-bond donors (Lipinski definition) is 1. The minimum Gasteiger partial charge on any atom is -0.375 e. The molecule has 5 heteroatoms. The van der Waals surface area contributed by atoms with Crippen LogP contribution in [0.1, 0.15) is 24.8 Å². The van der Waals surface area contributed by atoms with Crippen LogP contribution in [-0.4, -0.2) is 0 Å². The molecule has 2 aromatic rings. The van der Waals surface area contributed by atoms with E-state index < -0.39 is 0 Å². The number of hydrogen-bond acceptors (Lipinski definition) is 2. The Morgan fingerprint density at radius 2 is 1.74 bits per heavy atom. The normalized spacial score (nSPS) is 12.7. The third-order valence-electron chi connectivity index (χ3n) is 2.82. The molecular weight excluding hydrogens is 454 g/mol. The number of halogens is 3. The van der Waals surface area contributed by atoms with Crippen molar-refractivity contribution >= 4 is 64.8 Å². The van der Waals surface area contributed by atoms with E-state index in [-0.39, 0.29) is 0 Å². The first-order chi connectivity index (χ1) is 8.99. The van der Waals surface area contributed by atoms with E-state index in [0.29, 0.717) is 12.0 Å². The maximum Gasteiger partial charge on any atom is 0.0634 e. The van der Waals surface area contributed by atoms with E-state index in [1.165, 1.54) is 4.88 Å². The van der Waals surface area contributed by atoms with Crippen molar-refractivity contribution < 1.29 is 0 Å². The first-order valence-electron chi connectivity index (χ1n) is 5.93. The molecule has 2 rings (SSSR count). The third-order valence-corrected chi connectivity index (χ3v) is 5.49. The van der Waals surface area contributed by atoms with Crippen molar-refractivity contribution in [1.29, 1.82) is 0 Å². The lowest BCUT2D eigenvalue weighted by atomic mass is 10.0. The predicted octanol–water partition coefficient (Wildman–Crippen LogP) is 6.84. The quantitative estimate of drug-likeness (QED) is 0.518. The summed E-state index contributed by atoms with van der Waals surface area (Å²) in [6, 6.07) is 8.71. The molecule has 0 saturated heterocycles. The molecule has 1 aromatic carbocycles. The van der Waals surface area contributed by atoms with Gasteiger partial charge in [0.1, 0.15) is 0 Å². The zero-order chi connectivity index (χ0) is 14.0. The van der Waals surface area contributed by atoms with Crippen molar-refractivity contribution in [3.63, 3.8) is 0 Å². The Balaban J connectivity index is 2.33.